The maximum absolute atomic E-state index is 5.90. The van der Waals surface area contributed by atoms with Crippen LogP contribution in [0, 0.1) is 17.8 Å². The number of ether oxygens (including phenoxy) is 1. The van der Waals surface area contributed by atoms with Gasteiger partial charge in [-0.05, 0) is 42.7 Å². The summed E-state index contributed by atoms with van der Waals surface area (Å²) in [6, 6.07) is 8.31. The summed E-state index contributed by atoms with van der Waals surface area (Å²) in [5.41, 5.74) is 1.14. The van der Waals surface area contributed by atoms with Gasteiger partial charge >= 0.3 is 0 Å². The molecule has 1 aliphatic carbocycles. The Morgan fingerprint density at radius 3 is 2.80 bits per heavy atom. The highest BCUT2D eigenvalue weighted by Crippen LogP contribution is 2.30. The fourth-order valence-corrected chi connectivity index (χ4v) is 2.99. The first-order valence-corrected chi connectivity index (χ1v) is 8.11. The van der Waals surface area contributed by atoms with Gasteiger partial charge in [0.15, 0.2) is 0 Å². The van der Waals surface area contributed by atoms with Crippen molar-refractivity contribution in [1.29, 1.82) is 0 Å². The maximum atomic E-state index is 5.90. The Bertz CT molecular complexity index is 402. The first kappa shape index (κ1) is 15.2. The Balaban J connectivity index is 1.88. The van der Waals surface area contributed by atoms with Crippen molar-refractivity contribution in [3.8, 4) is 5.75 Å². The van der Waals surface area contributed by atoms with E-state index in [1.54, 1.807) is 0 Å². The second-order valence-corrected chi connectivity index (χ2v) is 6.72. The van der Waals surface area contributed by atoms with Crippen molar-refractivity contribution in [1.82, 2.24) is 0 Å². The fourth-order valence-electron chi connectivity index (χ4n) is 2.99. The van der Waals surface area contributed by atoms with Gasteiger partial charge in [0, 0.05) is 6.54 Å². The van der Waals surface area contributed by atoms with Gasteiger partial charge in [0.2, 0.25) is 0 Å². The van der Waals surface area contributed by atoms with Gasteiger partial charge in [-0.25, -0.2) is 0 Å². The normalized spacial score (nSPS) is 22.8. The van der Waals surface area contributed by atoms with E-state index < -0.39 is 0 Å². The second-order valence-electron chi connectivity index (χ2n) is 6.72. The Morgan fingerprint density at radius 2 is 2.05 bits per heavy atom. The molecule has 0 saturated heterocycles. The average Bonchev–Trinajstić information content (AvgIpc) is 2.44. The highest BCUT2D eigenvalue weighted by Gasteiger charge is 2.18. The zero-order valence-corrected chi connectivity index (χ0v) is 13.2. The van der Waals surface area contributed by atoms with Gasteiger partial charge in [0.05, 0.1) is 12.3 Å². The van der Waals surface area contributed by atoms with E-state index >= 15 is 0 Å². The van der Waals surface area contributed by atoms with Gasteiger partial charge in [-0.2, -0.15) is 0 Å². The molecule has 2 rings (SSSR count). The molecule has 20 heavy (non-hydrogen) atoms. The SMILES string of the molecule is CC(C)COc1ccccc1NCC1CCCC(C)C1. The molecule has 0 heterocycles. The molecule has 0 radical (unpaired) electrons. The quantitative estimate of drug-likeness (QED) is 0.792. The second kappa shape index (κ2) is 7.56. The highest BCUT2D eigenvalue weighted by molar-refractivity contribution is 5.56. The van der Waals surface area contributed by atoms with Crippen molar-refractivity contribution in [3.63, 3.8) is 0 Å². The zero-order valence-electron chi connectivity index (χ0n) is 13.2. The van der Waals surface area contributed by atoms with E-state index in [0.29, 0.717) is 5.92 Å². The molecule has 2 heteroatoms. The van der Waals surface area contributed by atoms with E-state index in [0.717, 1.165) is 36.4 Å². The predicted octanol–water partition coefficient (Wildman–Crippen LogP) is 4.96. The summed E-state index contributed by atoms with van der Waals surface area (Å²) >= 11 is 0. The van der Waals surface area contributed by atoms with E-state index in [9.17, 15) is 0 Å². The third-order valence-corrected chi connectivity index (χ3v) is 4.09. The van der Waals surface area contributed by atoms with E-state index in [2.05, 4.69) is 44.3 Å². The molecule has 1 saturated carbocycles. The standard InChI is InChI=1S/C18H29NO/c1-14(2)13-20-18-10-5-4-9-17(18)19-12-16-8-6-7-15(3)11-16/h4-5,9-10,14-16,19H,6-8,11-13H2,1-3H3. The summed E-state index contributed by atoms with van der Waals surface area (Å²) in [6.45, 7) is 8.59. The van der Waals surface area contributed by atoms with E-state index in [1.165, 1.54) is 25.7 Å². The van der Waals surface area contributed by atoms with Gasteiger partial charge < -0.3 is 10.1 Å². The van der Waals surface area contributed by atoms with E-state index in [-0.39, 0.29) is 0 Å². The first-order chi connectivity index (χ1) is 9.65. The minimum absolute atomic E-state index is 0.558. The summed E-state index contributed by atoms with van der Waals surface area (Å²) in [6.07, 6.45) is 5.53. The molecule has 1 aromatic rings. The Morgan fingerprint density at radius 1 is 1.25 bits per heavy atom. The van der Waals surface area contributed by atoms with Crippen LogP contribution in [0.15, 0.2) is 24.3 Å². The van der Waals surface area contributed by atoms with E-state index in [4.69, 9.17) is 4.74 Å². The van der Waals surface area contributed by atoms with Crippen LogP contribution in [0.4, 0.5) is 5.69 Å². The fraction of sp³-hybridized carbons (Fsp3) is 0.667. The van der Waals surface area contributed by atoms with Gasteiger partial charge in [0.25, 0.3) is 0 Å². The average molecular weight is 275 g/mol. The van der Waals surface area contributed by atoms with Crippen molar-refractivity contribution in [2.75, 3.05) is 18.5 Å². The third-order valence-electron chi connectivity index (χ3n) is 4.09. The summed E-state index contributed by atoms with van der Waals surface area (Å²) in [4.78, 5) is 0. The summed E-state index contributed by atoms with van der Waals surface area (Å²) in [7, 11) is 0. The smallest absolute Gasteiger partial charge is 0.142 e. The largest absolute Gasteiger partial charge is 0.491 e. The minimum atomic E-state index is 0.558. The number of nitrogens with one attached hydrogen (secondary N) is 1. The molecule has 0 aliphatic heterocycles. The molecule has 1 fully saturated rings. The molecule has 0 amide bonds. The lowest BCUT2D eigenvalue weighted by atomic mass is 9.82. The summed E-state index contributed by atoms with van der Waals surface area (Å²) < 4.78 is 5.90. The lowest BCUT2D eigenvalue weighted by molar-refractivity contribution is 0.271. The molecule has 1 aliphatic rings. The van der Waals surface area contributed by atoms with E-state index in [1.807, 2.05) is 6.07 Å². The lowest BCUT2D eigenvalue weighted by Gasteiger charge is -2.27. The number of rotatable bonds is 6. The number of anilines is 1. The molecule has 112 valence electrons. The minimum Gasteiger partial charge on any atom is -0.491 e. The summed E-state index contributed by atoms with van der Waals surface area (Å²) in [5, 5.41) is 3.60. The van der Waals surface area contributed by atoms with Gasteiger partial charge in [-0.3, -0.25) is 0 Å². The monoisotopic (exact) mass is 275 g/mol. The van der Waals surface area contributed by atoms with Crippen LogP contribution in [-0.4, -0.2) is 13.2 Å². The van der Waals surface area contributed by atoms with Crippen LogP contribution in [0.5, 0.6) is 5.75 Å². The van der Waals surface area contributed by atoms with Gasteiger partial charge in [-0.1, -0.05) is 45.7 Å². The molecular weight excluding hydrogens is 246 g/mol. The van der Waals surface area contributed by atoms with Crippen LogP contribution in [0.2, 0.25) is 0 Å². The molecule has 2 unspecified atom stereocenters. The predicted molar refractivity (Wildman–Crippen MR) is 86.4 cm³/mol. The Kier molecular flexibility index (Phi) is 5.75. The van der Waals surface area contributed by atoms with Crippen LogP contribution >= 0.6 is 0 Å². The van der Waals surface area contributed by atoms with Crippen LogP contribution in [0.25, 0.3) is 0 Å². The zero-order chi connectivity index (χ0) is 14.4. The molecule has 0 aromatic heterocycles. The van der Waals surface area contributed by atoms with Crippen molar-refractivity contribution in [2.45, 2.75) is 46.5 Å². The third kappa shape index (κ3) is 4.73. The molecule has 1 N–H and O–H groups in total. The van der Waals surface area contributed by atoms with Crippen LogP contribution < -0.4 is 10.1 Å². The number of hydrogen-bond acceptors (Lipinski definition) is 2. The molecule has 2 atom stereocenters. The first-order valence-electron chi connectivity index (χ1n) is 8.11. The van der Waals surface area contributed by atoms with Crippen molar-refractivity contribution < 1.29 is 4.74 Å². The van der Waals surface area contributed by atoms with Crippen LogP contribution in [-0.2, 0) is 0 Å². The Hall–Kier alpha value is -1.18. The molecule has 1 aromatic carbocycles. The molecule has 0 bridgehead atoms. The highest BCUT2D eigenvalue weighted by atomic mass is 16.5. The number of benzene rings is 1. The van der Waals surface area contributed by atoms with Crippen molar-refractivity contribution in [3.05, 3.63) is 24.3 Å². The van der Waals surface area contributed by atoms with Crippen molar-refractivity contribution >= 4 is 5.69 Å². The molecular formula is C18H29NO. The van der Waals surface area contributed by atoms with Crippen LogP contribution in [0.3, 0.4) is 0 Å². The topological polar surface area (TPSA) is 21.3 Å². The lowest BCUT2D eigenvalue weighted by Crippen LogP contribution is -2.21. The number of para-hydroxylation sites is 2. The molecule has 2 nitrogen and oxygen atoms in total. The number of hydrogen-bond donors (Lipinski definition) is 1. The molecule has 0 spiro atoms. The van der Waals surface area contributed by atoms with Gasteiger partial charge in [-0.15, -0.1) is 0 Å². The maximum Gasteiger partial charge on any atom is 0.142 e. The Labute approximate surface area is 123 Å². The van der Waals surface area contributed by atoms with Gasteiger partial charge in [0.1, 0.15) is 5.75 Å². The van der Waals surface area contributed by atoms with Crippen molar-refractivity contribution in [2.24, 2.45) is 17.8 Å². The van der Waals surface area contributed by atoms with Crippen LogP contribution in [0.1, 0.15) is 46.5 Å². The summed E-state index contributed by atoms with van der Waals surface area (Å²) in [5.74, 6) is 3.26.